The first-order chi connectivity index (χ1) is 9.65. The zero-order valence-corrected chi connectivity index (χ0v) is 12.4. The normalized spacial score (nSPS) is 11.1. The van der Waals surface area contributed by atoms with Crippen LogP contribution in [-0.2, 0) is 4.79 Å². The number of anilines is 1. The molecule has 0 atom stereocenters. The standard InChI is InChI=1S/C15H23N3O2/c1-4-5-7-12(2)17-18-15(19)11-16-13-8-6-9-14(10-13)20-3/h6,8-10,16H,4-5,7,11H2,1-3H3,(H,18,19)/b17-12-. The van der Waals surface area contributed by atoms with Crippen LogP contribution in [0.5, 0.6) is 5.75 Å². The molecule has 0 unspecified atom stereocenters. The fraction of sp³-hybridized carbons (Fsp3) is 0.467. The van der Waals surface area contributed by atoms with Gasteiger partial charge < -0.3 is 10.1 Å². The van der Waals surface area contributed by atoms with Gasteiger partial charge in [0.05, 0.1) is 13.7 Å². The molecule has 2 N–H and O–H groups in total. The summed E-state index contributed by atoms with van der Waals surface area (Å²) in [5.74, 6) is 0.590. The molecule has 0 heterocycles. The predicted molar refractivity (Wildman–Crippen MR) is 82.3 cm³/mol. The maximum Gasteiger partial charge on any atom is 0.259 e. The Morgan fingerprint density at radius 2 is 2.20 bits per heavy atom. The average Bonchev–Trinajstić information content (AvgIpc) is 2.49. The molecule has 0 saturated heterocycles. The van der Waals surface area contributed by atoms with E-state index in [0.29, 0.717) is 0 Å². The van der Waals surface area contributed by atoms with Crippen molar-refractivity contribution >= 4 is 17.3 Å². The van der Waals surface area contributed by atoms with Crippen LogP contribution in [0.2, 0.25) is 0 Å². The van der Waals surface area contributed by atoms with Crippen molar-refractivity contribution in [3.05, 3.63) is 24.3 Å². The second kappa shape index (κ2) is 8.96. The van der Waals surface area contributed by atoms with Crippen LogP contribution in [0.1, 0.15) is 33.1 Å². The Labute approximate surface area is 120 Å². The van der Waals surface area contributed by atoms with Gasteiger partial charge in [-0.2, -0.15) is 5.10 Å². The lowest BCUT2D eigenvalue weighted by Crippen LogP contribution is -2.26. The Balaban J connectivity index is 2.35. The summed E-state index contributed by atoms with van der Waals surface area (Å²) in [4.78, 5) is 11.6. The third-order valence-electron chi connectivity index (χ3n) is 2.79. The first-order valence-electron chi connectivity index (χ1n) is 6.85. The van der Waals surface area contributed by atoms with Crippen molar-refractivity contribution in [2.24, 2.45) is 5.10 Å². The van der Waals surface area contributed by atoms with Gasteiger partial charge in [-0.25, -0.2) is 5.43 Å². The number of ether oxygens (including phenoxy) is 1. The van der Waals surface area contributed by atoms with Crippen LogP contribution in [0.3, 0.4) is 0 Å². The fourth-order valence-corrected chi connectivity index (χ4v) is 1.60. The predicted octanol–water partition coefficient (Wildman–Crippen LogP) is 2.79. The number of carbonyl (C=O) groups excluding carboxylic acids is 1. The summed E-state index contributed by atoms with van der Waals surface area (Å²) < 4.78 is 5.12. The number of hydrogen-bond acceptors (Lipinski definition) is 4. The summed E-state index contributed by atoms with van der Waals surface area (Å²) in [5.41, 5.74) is 4.33. The molecular formula is C15H23N3O2. The molecule has 0 fully saturated rings. The second-order valence-electron chi connectivity index (χ2n) is 4.57. The van der Waals surface area contributed by atoms with Crippen LogP contribution >= 0.6 is 0 Å². The summed E-state index contributed by atoms with van der Waals surface area (Å²) in [6, 6.07) is 7.44. The molecule has 1 amide bonds. The smallest absolute Gasteiger partial charge is 0.259 e. The van der Waals surface area contributed by atoms with Crippen LogP contribution in [0.4, 0.5) is 5.69 Å². The van der Waals surface area contributed by atoms with Crippen molar-refractivity contribution < 1.29 is 9.53 Å². The van der Waals surface area contributed by atoms with Crippen LogP contribution in [-0.4, -0.2) is 25.3 Å². The molecule has 20 heavy (non-hydrogen) atoms. The second-order valence-corrected chi connectivity index (χ2v) is 4.57. The number of benzene rings is 1. The van der Waals surface area contributed by atoms with Crippen LogP contribution in [0.15, 0.2) is 29.4 Å². The molecule has 0 bridgehead atoms. The molecule has 0 aliphatic heterocycles. The summed E-state index contributed by atoms with van der Waals surface area (Å²) in [5, 5.41) is 7.08. The van der Waals surface area contributed by atoms with E-state index in [1.54, 1.807) is 7.11 Å². The van der Waals surface area contributed by atoms with Gasteiger partial charge in [0.15, 0.2) is 0 Å². The summed E-state index contributed by atoms with van der Waals surface area (Å²) >= 11 is 0. The number of hydrazone groups is 1. The third kappa shape index (κ3) is 6.22. The monoisotopic (exact) mass is 277 g/mol. The van der Waals surface area contributed by atoms with E-state index >= 15 is 0 Å². The Morgan fingerprint density at radius 3 is 2.90 bits per heavy atom. The number of nitrogens with one attached hydrogen (secondary N) is 2. The summed E-state index contributed by atoms with van der Waals surface area (Å²) in [6.07, 6.45) is 3.13. The number of unbranched alkanes of at least 4 members (excludes halogenated alkanes) is 1. The van der Waals surface area contributed by atoms with Crippen LogP contribution < -0.4 is 15.5 Å². The van der Waals surface area contributed by atoms with Gasteiger partial charge in [0.2, 0.25) is 0 Å². The first-order valence-corrected chi connectivity index (χ1v) is 6.85. The Morgan fingerprint density at radius 1 is 1.40 bits per heavy atom. The lowest BCUT2D eigenvalue weighted by Gasteiger charge is -2.07. The highest BCUT2D eigenvalue weighted by Gasteiger charge is 2.01. The van der Waals surface area contributed by atoms with Gasteiger partial charge in [-0.3, -0.25) is 4.79 Å². The number of hydrogen-bond donors (Lipinski definition) is 2. The first kappa shape index (κ1) is 16.0. The summed E-state index contributed by atoms with van der Waals surface area (Å²) in [7, 11) is 1.61. The van der Waals surface area contributed by atoms with E-state index in [1.807, 2.05) is 31.2 Å². The van der Waals surface area contributed by atoms with Crippen molar-refractivity contribution in [3.63, 3.8) is 0 Å². The van der Waals surface area contributed by atoms with Gasteiger partial charge in [0.1, 0.15) is 5.75 Å². The number of nitrogens with zero attached hydrogens (tertiary/aromatic N) is 1. The minimum Gasteiger partial charge on any atom is -0.497 e. The molecule has 0 saturated carbocycles. The summed E-state index contributed by atoms with van der Waals surface area (Å²) in [6.45, 7) is 4.23. The zero-order chi connectivity index (χ0) is 14.8. The van der Waals surface area contributed by atoms with E-state index < -0.39 is 0 Å². The van der Waals surface area contributed by atoms with Crippen molar-refractivity contribution in [2.75, 3.05) is 19.0 Å². The lowest BCUT2D eigenvalue weighted by atomic mass is 10.2. The molecule has 1 aromatic carbocycles. The van der Waals surface area contributed by atoms with E-state index in [0.717, 1.165) is 36.4 Å². The highest BCUT2D eigenvalue weighted by Crippen LogP contribution is 2.16. The van der Waals surface area contributed by atoms with Gasteiger partial charge in [0.25, 0.3) is 5.91 Å². The number of rotatable bonds is 8. The van der Waals surface area contributed by atoms with Crippen LogP contribution in [0, 0.1) is 0 Å². The topological polar surface area (TPSA) is 62.7 Å². The maximum atomic E-state index is 11.6. The van der Waals surface area contributed by atoms with Crippen molar-refractivity contribution in [3.8, 4) is 5.75 Å². The average molecular weight is 277 g/mol. The van der Waals surface area contributed by atoms with Gasteiger partial charge in [-0.1, -0.05) is 19.4 Å². The molecule has 1 rings (SSSR count). The molecule has 0 aliphatic rings. The Kier molecular flexibility index (Phi) is 7.17. The lowest BCUT2D eigenvalue weighted by molar-refractivity contribution is -0.119. The van der Waals surface area contributed by atoms with Gasteiger partial charge in [-0.15, -0.1) is 0 Å². The van der Waals surface area contributed by atoms with Crippen molar-refractivity contribution in [1.29, 1.82) is 0 Å². The number of methoxy groups -OCH3 is 1. The minimum atomic E-state index is -0.163. The van der Waals surface area contributed by atoms with Gasteiger partial charge in [-0.05, 0) is 31.9 Å². The van der Waals surface area contributed by atoms with E-state index in [9.17, 15) is 4.79 Å². The third-order valence-corrected chi connectivity index (χ3v) is 2.79. The van der Waals surface area contributed by atoms with E-state index in [-0.39, 0.29) is 12.5 Å². The maximum absolute atomic E-state index is 11.6. The van der Waals surface area contributed by atoms with E-state index in [2.05, 4.69) is 22.8 Å². The highest BCUT2D eigenvalue weighted by atomic mass is 16.5. The largest absolute Gasteiger partial charge is 0.497 e. The molecule has 110 valence electrons. The Hall–Kier alpha value is -2.04. The van der Waals surface area contributed by atoms with Gasteiger partial charge in [0, 0.05) is 17.5 Å². The fourth-order valence-electron chi connectivity index (χ4n) is 1.60. The number of amides is 1. The van der Waals surface area contributed by atoms with Crippen LogP contribution in [0.25, 0.3) is 0 Å². The SMILES string of the molecule is CCCC/C(C)=N\NC(=O)CNc1cccc(OC)c1. The Bertz CT molecular complexity index is 458. The van der Waals surface area contributed by atoms with Crippen molar-refractivity contribution in [2.45, 2.75) is 33.1 Å². The molecule has 0 spiro atoms. The molecule has 0 radical (unpaired) electrons. The molecule has 5 heteroatoms. The highest BCUT2D eigenvalue weighted by molar-refractivity contribution is 5.85. The van der Waals surface area contributed by atoms with Crippen molar-refractivity contribution in [1.82, 2.24) is 5.43 Å². The molecule has 1 aromatic rings. The molecule has 0 aromatic heterocycles. The zero-order valence-electron chi connectivity index (χ0n) is 12.4. The minimum absolute atomic E-state index is 0.163. The molecule has 0 aliphatic carbocycles. The number of carbonyl (C=O) groups is 1. The quantitative estimate of drug-likeness (QED) is 0.567. The van der Waals surface area contributed by atoms with Gasteiger partial charge >= 0.3 is 0 Å². The molecular weight excluding hydrogens is 254 g/mol. The van der Waals surface area contributed by atoms with E-state index in [4.69, 9.17) is 4.74 Å². The molecule has 5 nitrogen and oxygen atoms in total. The van der Waals surface area contributed by atoms with E-state index in [1.165, 1.54) is 0 Å².